The summed E-state index contributed by atoms with van der Waals surface area (Å²) in [6.07, 6.45) is 0.889. The van der Waals surface area contributed by atoms with Crippen LogP contribution in [0.4, 0.5) is 0 Å². The second kappa shape index (κ2) is 4.76. The van der Waals surface area contributed by atoms with Crippen LogP contribution < -0.4 is 0 Å². The van der Waals surface area contributed by atoms with E-state index in [9.17, 15) is 4.79 Å². The van der Waals surface area contributed by atoms with Crippen molar-refractivity contribution in [3.63, 3.8) is 0 Å². The number of halogens is 2. The van der Waals surface area contributed by atoms with Crippen LogP contribution in [-0.2, 0) is 0 Å². The van der Waals surface area contributed by atoms with E-state index in [-0.39, 0.29) is 11.3 Å². The summed E-state index contributed by atoms with van der Waals surface area (Å²) >= 11 is 9.40. The van der Waals surface area contributed by atoms with Crippen LogP contribution in [0.1, 0.15) is 22.3 Å². The Morgan fingerprint density at radius 1 is 1.50 bits per heavy atom. The molecule has 0 aromatic heterocycles. The number of amides is 1. The lowest BCUT2D eigenvalue weighted by Crippen LogP contribution is -2.28. The Morgan fingerprint density at radius 2 is 2.25 bits per heavy atom. The van der Waals surface area contributed by atoms with Crippen LogP contribution in [0.5, 0.6) is 0 Å². The highest BCUT2D eigenvalue weighted by atomic mass is 79.9. The molecule has 1 amide bonds. The van der Waals surface area contributed by atoms with E-state index >= 15 is 0 Å². The second-order valence-electron chi connectivity index (χ2n) is 4.15. The third-order valence-corrected chi connectivity index (χ3v) is 3.52. The Bertz CT molecular complexity index is 401. The predicted octanol–water partition coefficient (Wildman–Crippen LogP) is 3.21. The molecule has 0 spiro atoms. The van der Waals surface area contributed by atoms with Gasteiger partial charge in [0, 0.05) is 23.1 Å². The summed E-state index contributed by atoms with van der Waals surface area (Å²) in [5.74, 6) is 0.0764. The molecule has 1 saturated heterocycles. The first kappa shape index (κ1) is 11.9. The van der Waals surface area contributed by atoms with Gasteiger partial charge in [0.2, 0.25) is 0 Å². The average molecular weight is 303 g/mol. The van der Waals surface area contributed by atoms with Crippen LogP contribution in [0.15, 0.2) is 22.7 Å². The molecule has 0 radical (unpaired) electrons. The number of carbonyl (C=O) groups excluding carboxylic acids is 1. The topological polar surface area (TPSA) is 20.3 Å². The van der Waals surface area contributed by atoms with Crippen LogP contribution >= 0.6 is 27.5 Å². The Hall–Kier alpha value is -0.540. The van der Waals surface area contributed by atoms with Gasteiger partial charge in [-0.05, 0) is 37.1 Å². The van der Waals surface area contributed by atoms with Crippen molar-refractivity contribution in [2.75, 3.05) is 13.1 Å². The van der Waals surface area contributed by atoms with Crippen molar-refractivity contribution in [1.82, 2.24) is 4.90 Å². The number of aryl methyl sites for hydroxylation is 1. The van der Waals surface area contributed by atoms with Crippen LogP contribution in [0.3, 0.4) is 0 Å². The van der Waals surface area contributed by atoms with Gasteiger partial charge in [0.25, 0.3) is 5.91 Å². The fourth-order valence-electron chi connectivity index (χ4n) is 1.94. The maximum absolute atomic E-state index is 12.1. The average Bonchev–Trinajstić information content (AvgIpc) is 2.62. The summed E-state index contributed by atoms with van der Waals surface area (Å²) in [5.41, 5.74) is 1.82. The monoisotopic (exact) mass is 301 g/mol. The minimum atomic E-state index is 0.0764. The van der Waals surface area contributed by atoms with Crippen molar-refractivity contribution in [1.29, 1.82) is 0 Å². The summed E-state index contributed by atoms with van der Waals surface area (Å²) in [5, 5.41) is 0.109. The normalized spacial score (nSPS) is 20.2. The van der Waals surface area contributed by atoms with Crippen LogP contribution in [0, 0.1) is 6.92 Å². The van der Waals surface area contributed by atoms with Crippen molar-refractivity contribution in [2.24, 2.45) is 0 Å². The van der Waals surface area contributed by atoms with Crippen LogP contribution in [0.25, 0.3) is 0 Å². The van der Waals surface area contributed by atoms with E-state index in [1.165, 1.54) is 0 Å². The molecule has 1 aliphatic rings. The number of hydrogen-bond acceptors (Lipinski definition) is 1. The zero-order valence-electron chi connectivity index (χ0n) is 9.04. The highest BCUT2D eigenvalue weighted by Crippen LogP contribution is 2.20. The third-order valence-electron chi connectivity index (χ3n) is 2.71. The molecule has 1 aliphatic heterocycles. The lowest BCUT2D eigenvalue weighted by molar-refractivity contribution is 0.0793. The molecule has 1 aromatic carbocycles. The van der Waals surface area contributed by atoms with Gasteiger partial charge in [-0.15, -0.1) is 11.6 Å². The van der Waals surface area contributed by atoms with Gasteiger partial charge in [0.05, 0.1) is 5.38 Å². The predicted molar refractivity (Wildman–Crippen MR) is 69.0 cm³/mol. The zero-order chi connectivity index (χ0) is 11.7. The molecule has 2 rings (SSSR count). The Morgan fingerprint density at radius 3 is 2.81 bits per heavy atom. The minimum Gasteiger partial charge on any atom is -0.337 e. The van der Waals surface area contributed by atoms with Gasteiger partial charge in [-0.1, -0.05) is 15.9 Å². The Kier molecular flexibility index (Phi) is 3.55. The molecule has 0 saturated carbocycles. The van der Waals surface area contributed by atoms with E-state index in [1.54, 1.807) is 0 Å². The number of likely N-dealkylation sites (tertiary alicyclic amines) is 1. The molecule has 1 fully saturated rings. The lowest BCUT2D eigenvalue weighted by atomic mass is 10.1. The highest BCUT2D eigenvalue weighted by molar-refractivity contribution is 9.10. The van der Waals surface area contributed by atoms with E-state index < -0.39 is 0 Å². The summed E-state index contributed by atoms with van der Waals surface area (Å²) in [7, 11) is 0. The quantitative estimate of drug-likeness (QED) is 0.730. The number of carbonyl (C=O) groups is 1. The van der Waals surface area contributed by atoms with Crippen molar-refractivity contribution in [3.05, 3.63) is 33.8 Å². The fourth-order valence-corrected chi connectivity index (χ4v) is 2.82. The Balaban J connectivity index is 2.20. The molecule has 1 heterocycles. The highest BCUT2D eigenvalue weighted by Gasteiger charge is 2.25. The molecular weight excluding hydrogens is 289 g/mol. The van der Waals surface area contributed by atoms with Crippen molar-refractivity contribution < 1.29 is 4.79 Å². The zero-order valence-corrected chi connectivity index (χ0v) is 11.4. The summed E-state index contributed by atoms with van der Waals surface area (Å²) < 4.78 is 0.942. The number of alkyl halides is 1. The standard InChI is InChI=1S/C12H13BrClNO/c1-8-4-9(6-10(13)5-8)12(16)15-3-2-11(14)7-15/h4-6,11H,2-3,7H2,1H3. The van der Waals surface area contributed by atoms with Gasteiger partial charge in [0.1, 0.15) is 0 Å². The summed E-state index contributed by atoms with van der Waals surface area (Å²) in [6.45, 7) is 3.40. The van der Waals surface area contributed by atoms with E-state index in [1.807, 2.05) is 30.0 Å². The number of benzene rings is 1. The van der Waals surface area contributed by atoms with E-state index in [2.05, 4.69) is 15.9 Å². The lowest BCUT2D eigenvalue weighted by Gasteiger charge is -2.16. The largest absolute Gasteiger partial charge is 0.337 e. The first-order valence-corrected chi connectivity index (χ1v) is 6.50. The van der Waals surface area contributed by atoms with Crippen molar-refractivity contribution >= 4 is 33.4 Å². The molecule has 0 aliphatic carbocycles. The molecule has 1 atom stereocenters. The van der Waals surface area contributed by atoms with Crippen LogP contribution in [0.2, 0.25) is 0 Å². The second-order valence-corrected chi connectivity index (χ2v) is 5.69. The van der Waals surface area contributed by atoms with Crippen molar-refractivity contribution in [2.45, 2.75) is 18.7 Å². The minimum absolute atomic E-state index is 0.0764. The van der Waals surface area contributed by atoms with Crippen molar-refractivity contribution in [3.8, 4) is 0 Å². The van der Waals surface area contributed by atoms with Gasteiger partial charge >= 0.3 is 0 Å². The molecular formula is C12H13BrClNO. The van der Waals surface area contributed by atoms with Gasteiger partial charge in [-0.25, -0.2) is 0 Å². The maximum atomic E-state index is 12.1. The number of nitrogens with zero attached hydrogens (tertiary/aromatic N) is 1. The van der Waals surface area contributed by atoms with E-state index in [0.29, 0.717) is 6.54 Å². The first-order chi connectivity index (χ1) is 7.56. The van der Waals surface area contributed by atoms with E-state index in [0.717, 1.165) is 28.6 Å². The van der Waals surface area contributed by atoms with Crippen LogP contribution in [-0.4, -0.2) is 29.3 Å². The summed E-state index contributed by atoms with van der Waals surface area (Å²) in [6, 6.07) is 5.76. The molecule has 0 N–H and O–H groups in total. The number of rotatable bonds is 1. The van der Waals surface area contributed by atoms with Gasteiger partial charge in [-0.3, -0.25) is 4.79 Å². The molecule has 0 bridgehead atoms. The molecule has 4 heteroatoms. The molecule has 2 nitrogen and oxygen atoms in total. The molecule has 1 unspecified atom stereocenters. The maximum Gasteiger partial charge on any atom is 0.253 e. The Labute approximate surface area is 109 Å². The first-order valence-electron chi connectivity index (χ1n) is 5.27. The third kappa shape index (κ3) is 2.58. The molecule has 1 aromatic rings. The van der Waals surface area contributed by atoms with Gasteiger partial charge in [0.15, 0.2) is 0 Å². The van der Waals surface area contributed by atoms with E-state index in [4.69, 9.17) is 11.6 Å². The SMILES string of the molecule is Cc1cc(Br)cc(C(=O)N2CCC(Cl)C2)c1. The fraction of sp³-hybridized carbons (Fsp3) is 0.417. The smallest absolute Gasteiger partial charge is 0.253 e. The summed E-state index contributed by atoms with van der Waals surface area (Å²) in [4.78, 5) is 14.0. The molecule has 16 heavy (non-hydrogen) atoms. The molecule has 86 valence electrons. The number of hydrogen-bond donors (Lipinski definition) is 0. The van der Waals surface area contributed by atoms with Gasteiger partial charge < -0.3 is 4.90 Å². The van der Waals surface area contributed by atoms with Gasteiger partial charge in [-0.2, -0.15) is 0 Å².